The Bertz CT molecular complexity index is 753. The third-order valence-corrected chi connectivity index (χ3v) is 3.62. The predicted octanol–water partition coefficient (Wildman–Crippen LogP) is 2.75. The first kappa shape index (κ1) is 21.0. The fourth-order valence-electron chi connectivity index (χ4n) is 1.61. The van der Waals surface area contributed by atoms with Gasteiger partial charge in [0.15, 0.2) is 0 Å². The van der Waals surface area contributed by atoms with Gasteiger partial charge in [0, 0.05) is 0 Å². The molecule has 0 radical (unpaired) electrons. The molecule has 0 amide bonds. The Balaban J connectivity index is 3.11. The molecule has 0 unspecified atom stereocenters. The quantitative estimate of drug-likeness (QED) is 0.410. The third kappa shape index (κ3) is 6.75. The molecule has 1 aromatic carbocycles. The molecule has 25 heavy (non-hydrogen) atoms. The molecule has 0 bridgehead atoms. The standard InChI is InChI=1S/C15H17F3O6S/c1-4-14(2,3)24-12-9-10(5-6-11(12)15(16,17)18)13(19)23-7-8-25(20,21)22/h4-6,9H,1,7-8H2,2-3H3,(H,20,21,22)/p-1. The average molecular weight is 381 g/mol. The van der Waals surface area contributed by atoms with Crippen molar-refractivity contribution in [3.05, 3.63) is 42.0 Å². The van der Waals surface area contributed by atoms with Crippen molar-refractivity contribution >= 4 is 16.1 Å². The molecule has 0 atom stereocenters. The molecule has 0 aliphatic carbocycles. The van der Waals surface area contributed by atoms with E-state index in [4.69, 9.17) is 4.74 Å². The summed E-state index contributed by atoms with van der Waals surface area (Å²) in [6, 6.07) is 2.35. The maximum Gasteiger partial charge on any atom is 0.419 e. The molecule has 140 valence electrons. The highest BCUT2D eigenvalue weighted by Gasteiger charge is 2.36. The zero-order valence-corrected chi connectivity index (χ0v) is 14.2. The van der Waals surface area contributed by atoms with E-state index >= 15 is 0 Å². The maximum absolute atomic E-state index is 13.1. The van der Waals surface area contributed by atoms with Gasteiger partial charge in [0.1, 0.15) is 18.0 Å². The second kappa shape index (κ2) is 7.44. The van der Waals surface area contributed by atoms with Crippen molar-refractivity contribution in [3.8, 4) is 5.75 Å². The van der Waals surface area contributed by atoms with Gasteiger partial charge in [0.25, 0.3) is 0 Å². The van der Waals surface area contributed by atoms with Crippen molar-refractivity contribution in [3.63, 3.8) is 0 Å². The summed E-state index contributed by atoms with van der Waals surface area (Å²) in [4.78, 5) is 11.8. The van der Waals surface area contributed by atoms with Crippen LogP contribution >= 0.6 is 0 Å². The molecule has 0 aliphatic rings. The molecule has 1 aromatic rings. The molecular formula is C15H16F3O6S-. The molecular weight excluding hydrogens is 365 g/mol. The van der Waals surface area contributed by atoms with Gasteiger partial charge in [-0.1, -0.05) is 6.58 Å². The van der Waals surface area contributed by atoms with Crippen LogP contribution in [0.15, 0.2) is 30.9 Å². The molecule has 0 fully saturated rings. The highest BCUT2D eigenvalue weighted by Crippen LogP contribution is 2.38. The van der Waals surface area contributed by atoms with Gasteiger partial charge in [-0.3, -0.25) is 0 Å². The lowest BCUT2D eigenvalue weighted by Gasteiger charge is -2.25. The molecule has 0 saturated heterocycles. The average Bonchev–Trinajstić information content (AvgIpc) is 2.44. The summed E-state index contributed by atoms with van der Waals surface area (Å²) in [6.45, 7) is 5.70. The van der Waals surface area contributed by atoms with E-state index in [0.717, 1.165) is 12.1 Å². The lowest BCUT2D eigenvalue weighted by molar-refractivity contribution is -0.139. The Hall–Kier alpha value is -2.07. The molecule has 0 aliphatic heterocycles. The summed E-state index contributed by atoms with van der Waals surface area (Å²) in [7, 11) is -4.58. The van der Waals surface area contributed by atoms with Crippen molar-refractivity contribution in [1.29, 1.82) is 0 Å². The van der Waals surface area contributed by atoms with Gasteiger partial charge in [-0.25, -0.2) is 13.2 Å². The van der Waals surface area contributed by atoms with Crippen LogP contribution in [0.5, 0.6) is 5.75 Å². The summed E-state index contributed by atoms with van der Waals surface area (Å²) in [5.74, 6) is -2.63. The number of esters is 1. The van der Waals surface area contributed by atoms with Crippen LogP contribution in [0.3, 0.4) is 0 Å². The number of halogens is 3. The van der Waals surface area contributed by atoms with Crippen molar-refractivity contribution in [2.75, 3.05) is 12.4 Å². The second-order valence-corrected chi connectivity index (χ2v) is 7.04. The smallest absolute Gasteiger partial charge is 0.419 e. The summed E-state index contributed by atoms with van der Waals surface area (Å²) < 4.78 is 80.4. The minimum atomic E-state index is -4.72. The van der Waals surface area contributed by atoms with Crippen LogP contribution < -0.4 is 4.74 Å². The van der Waals surface area contributed by atoms with E-state index in [9.17, 15) is 30.9 Å². The minimum absolute atomic E-state index is 0.286. The van der Waals surface area contributed by atoms with E-state index in [0.29, 0.717) is 6.07 Å². The Morgan fingerprint density at radius 1 is 1.32 bits per heavy atom. The molecule has 0 aromatic heterocycles. The molecule has 0 heterocycles. The van der Waals surface area contributed by atoms with Crippen molar-refractivity contribution in [1.82, 2.24) is 0 Å². The second-order valence-electron chi connectivity index (χ2n) is 5.52. The number of ether oxygens (including phenoxy) is 2. The zero-order valence-electron chi connectivity index (χ0n) is 13.4. The van der Waals surface area contributed by atoms with E-state index < -0.39 is 51.5 Å². The number of benzene rings is 1. The van der Waals surface area contributed by atoms with E-state index in [1.807, 2.05) is 0 Å². The van der Waals surface area contributed by atoms with Crippen LogP contribution in [0.4, 0.5) is 13.2 Å². The Labute approximate surface area is 143 Å². The summed E-state index contributed by atoms with van der Waals surface area (Å²) in [6.07, 6.45) is -3.43. The Morgan fingerprint density at radius 3 is 2.40 bits per heavy atom. The first-order valence-electron chi connectivity index (χ1n) is 6.90. The van der Waals surface area contributed by atoms with Gasteiger partial charge in [-0.15, -0.1) is 0 Å². The summed E-state index contributed by atoms with van der Waals surface area (Å²) in [5.41, 5.74) is -2.52. The van der Waals surface area contributed by atoms with Gasteiger partial charge in [0.05, 0.1) is 27.0 Å². The molecule has 0 saturated carbocycles. The fraction of sp³-hybridized carbons (Fsp3) is 0.400. The summed E-state index contributed by atoms with van der Waals surface area (Å²) in [5, 5.41) is 0. The molecule has 1 rings (SSSR count). The van der Waals surface area contributed by atoms with Crippen LogP contribution in [0.2, 0.25) is 0 Å². The highest BCUT2D eigenvalue weighted by atomic mass is 32.2. The van der Waals surface area contributed by atoms with Crippen LogP contribution in [-0.2, 0) is 21.0 Å². The predicted molar refractivity (Wildman–Crippen MR) is 81.2 cm³/mol. The van der Waals surface area contributed by atoms with Gasteiger partial charge in [-0.2, -0.15) is 13.2 Å². The van der Waals surface area contributed by atoms with Crippen LogP contribution in [0.1, 0.15) is 29.8 Å². The van der Waals surface area contributed by atoms with Gasteiger partial charge in [0.2, 0.25) is 0 Å². The van der Waals surface area contributed by atoms with Crippen molar-refractivity contribution in [2.24, 2.45) is 0 Å². The minimum Gasteiger partial charge on any atom is -0.748 e. The Kier molecular flexibility index (Phi) is 6.24. The number of alkyl halides is 3. The number of carbonyl (C=O) groups is 1. The van der Waals surface area contributed by atoms with Gasteiger partial charge >= 0.3 is 12.1 Å². The van der Waals surface area contributed by atoms with Crippen LogP contribution in [0, 0.1) is 0 Å². The van der Waals surface area contributed by atoms with Gasteiger partial charge < -0.3 is 14.0 Å². The Morgan fingerprint density at radius 2 is 1.92 bits per heavy atom. The van der Waals surface area contributed by atoms with E-state index in [1.54, 1.807) is 0 Å². The zero-order chi connectivity index (χ0) is 19.5. The first-order chi connectivity index (χ1) is 11.2. The monoisotopic (exact) mass is 381 g/mol. The summed E-state index contributed by atoms with van der Waals surface area (Å²) >= 11 is 0. The van der Waals surface area contributed by atoms with E-state index in [1.165, 1.54) is 19.9 Å². The SMILES string of the molecule is C=CC(C)(C)Oc1cc(C(=O)OCCS(=O)(=O)[O-])ccc1C(F)(F)F. The first-order valence-corrected chi connectivity index (χ1v) is 8.47. The lowest BCUT2D eigenvalue weighted by Crippen LogP contribution is -2.26. The maximum atomic E-state index is 13.1. The number of hydrogen-bond acceptors (Lipinski definition) is 6. The topological polar surface area (TPSA) is 92.7 Å². The lowest BCUT2D eigenvalue weighted by atomic mass is 10.1. The number of hydrogen-bond donors (Lipinski definition) is 0. The van der Waals surface area contributed by atoms with Crippen LogP contribution in [-0.4, -0.2) is 36.9 Å². The van der Waals surface area contributed by atoms with Crippen LogP contribution in [0.25, 0.3) is 0 Å². The molecule has 6 nitrogen and oxygen atoms in total. The van der Waals surface area contributed by atoms with Crippen molar-refractivity contribution < 1.29 is 40.4 Å². The van der Waals surface area contributed by atoms with E-state index in [-0.39, 0.29) is 5.56 Å². The largest absolute Gasteiger partial charge is 0.748 e. The normalized spacial score (nSPS) is 12.6. The van der Waals surface area contributed by atoms with E-state index in [2.05, 4.69) is 11.3 Å². The molecule has 0 spiro atoms. The fourth-order valence-corrected chi connectivity index (χ4v) is 1.90. The third-order valence-electron chi connectivity index (χ3n) is 2.95. The van der Waals surface area contributed by atoms with Gasteiger partial charge in [-0.05, 0) is 38.1 Å². The van der Waals surface area contributed by atoms with Crippen molar-refractivity contribution in [2.45, 2.75) is 25.6 Å². The number of carbonyl (C=O) groups excluding carboxylic acids is 1. The molecule has 0 N–H and O–H groups in total. The highest BCUT2D eigenvalue weighted by molar-refractivity contribution is 7.85. The number of rotatable bonds is 7. The molecule has 10 heteroatoms.